The van der Waals surface area contributed by atoms with Crippen molar-refractivity contribution < 1.29 is 14.7 Å². The maximum Gasteiger partial charge on any atom is 0.133 e. The first-order valence-electron chi connectivity index (χ1n) is 7.84. The number of hydrogen-bond acceptors (Lipinski definition) is 4. The van der Waals surface area contributed by atoms with Gasteiger partial charge in [-0.25, -0.2) is 0 Å². The highest BCUT2D eigenvalue weighted by Crippen LogP contribution is 2.26. The molecule has 2 rings (SSSR count). The molecule has 0 aliphatic heterocycles. The molecule has 2 aromatic rings. The van der Waals surface area contributed by atoms with E-state index >= 15 is 0 Å². The molecule has 0 aliphatic rings. The summed E-state index contributed by atoms with van der Waals surface area (Å²) in [6, 6.07) is 11.6. The van der Waals surface area contributed by atoms with Gasteiger partial charge in [0.05, 0.1) is 10.7 Å². The molecule has 0 fully saturated rings. The lowest BCUT2D eigenvalue weighted by Gasteiger charge is -2.13. The third-order valence-electron chi connectivity index (χ3n) is 3.64. The van der Waals surface area contributed by atoms with Crippen LogP contribution in [0, 0.1) is 6.92 Å². The summed E-state index contributed by atoms with van der Waals surface area (Å²) in [5.41, 5.74) is 3.37. The second-order valence-electron chi connectivity index (χ2n) is 5.80. The van der Waals surface area contributed by atoms with Crippen molar-refractivity contribution in [3.8, 4) is 11.5 Å². The fourth-order valence-electron chi connectivity index (χ4n) is 2.48. The third kappa shape index (κ3) is 4.99. The Hall–Kier alpha value is -2.01. The Morgan fingerprint density at radius 2 is 1.88 bits per heavy atom. The SMILES string of the molecule is Cc1cc(OCCOc2ccc(C=NO)cc2Br)ccc1C(C)C. The summed E-state index contributed by atoms with van der Waals surface area (Å²) in [4.78, 5) is 0. The molecule has 4 nitrogen and oxygen atoms in total. The number of nitrogens with zero attached hydrogens (tertiary/aromatic N) is 1. The summed E-state index contributed by atoms with van der Waals surface area (Å²) < 4.78 is 12.3. The topological polar surface area (TPSA) is 51.0 Å². The molecule has 24 heavy (non-hydrogen) atoms. The smallest absolute Gasteiger partial charge is 0.133 e. The summed E-state index contributed by atoms with van der Waals surface area (Å²) in [6.07, 6.45) is 1.36. The quantitative estimate of drug-likeness (QED) is 0.307. The summed E-state index contributed by atoms with van der Waals surface area (Å²) in [6.45, 7) is 7.38. The predicted octanol–water partition coefficient (Wildman–Crippen LogP) is 5.15. The minimum absolute atomic E-state index is 0.441. The van der Waals surface area contributed by atoms with Gasteiger partial charge in [-0.3, -0.25) is 0 Å². The van der Waals surface area contributed by atoms with Crippen LogP contribution in [0.2, 0.25) is 0 Å². The minimum atomic E-state index is 0.441. The van der Waals surface area contributed by atoms with Gasteiger partial charge < -0.3 is 14.7 Å². The Morgan fingerprint density at radius 1 is 1.12 bits per heavy atom. The highest BCUT2D eigenvalue weighted by atomic mass is 79.9. The van der Waals surface area contributed by atoms with Gasteiger partial charge in [-0.1, -0.05) is 25.1 Å². The van der Waals surface area contributed by atoms with Crippen molar-refractivity contribution in [1.82, 2.24) is 0 Å². The van der Waals surface area contributed by atoms with Crippen molar-refractivity contribution in [2.75, 3.05) is 13.2 Å². The van der Waals surface area contributed by atoms with Gasteiger partial charge in [0.25, 0.3) is 0 Å². The zero-order chi connectivity index (χ0) is 17.5. The van der Waals surface area contributed by atoms with E-state index < -0.39 is 0 Å². The number of benzene rings is 2. The van der Waals surface area contributed by atoms with Crippen molar-refractivity contribution in [2.24, 2.45) is 5.16 Å². The van der Waals surface area contributed by atoms with Gasteiger partial charge >= 0.3 is 0 Å². The summed E-state index contributed by atoms with van der Waals surface area (Å²) in [7, 11) is 0. The highest BCUT2D eigenvalue weighted by Gasteiger charge is 2.05. The molecule has 0 bridgehead atoms. The molecule has 2 aromatic carbocycles. The molecule has 0 atom stereocenters. The van der Waals surface area contributed by atoms with Crippen molar-refractivity contribution in [1.29, 1.82) is 0 Å². The molecule has 0 radical (unpaired) electrons. The Balaban J connectivity index is 1.86. The highest BCUT2D eigenvalue weighted by molar-refractivity contribution is 9.10. The lowest BCUT2D eigenvalue weighted by molar-refractivity contribution is 0.216. The van der Waals surface area contributed by atoms with E-state index in [-0.39, 0.29) is 0 Å². The first-order chi connectivity index (χ1) is 11.5. The van der Waals surface area contributed by atoms with Crippen molar-refractivity contribution in [3.05, 3.63) is 57.6 Å². The Bertz CT molecular complexity index is 714. The standard InChI is InChI=1S/C19H22BrNO3/c1-13(2)17-6-5-16(10-14(17)3)23-8-9-24-19-7-4-15(12-21-22)11-18(19)20/h4-7,10-13,22H,8-9H2,1-3H3. The zero-order valence-electron chi connectivity index (χ0n) is 14.1. The average molecular weight is 392 g/mol. The number of oxime groups is 1. The van der Waals surface area contributed by atoms with Crippen LogP contribution >= 0.6 is 15.9 Å². The lowest BCUT2D eigenvalue weighted by Crippen LogP contribution is -2.09. The molecule has 0 amide bonds. The molecule has 0 saturated carbocycles. The normalized spacial score (nSPS) is 11.2. The number of ether oxygens (including phenoxy) is 2. The van der Waals surface area contributed by atoms with E-state index in [4.69, 9.17) is 14.7 Å². The molecule has 0 unspecified atom stereocenters. The van der Waals surface area contributed by atoms with Crippen LogP contribution in [-0.4, -0.2) is 24.6 Å². The van der Waals surface area contributed by atoms with Crippen LogP contribution in [0.5, 0.6) is 11.5 Å². The molecule has 5 heteroatoms. The number of aryl methyl sites for hydroxylation is 1. The second-order valence-corrected chi connectivity index (χ2v) is 6.66. The van der Waals surface area contributed by atoms with Crippen LogP contribution in [-0.2, 0) is 0 Å². The number of halogens is 1. The Labute approximate surface area is 151 Å². The molecule has 0 spiro atoms. The van der Waals surface area contributed by atoms with Crippen LogP contribution < -0.4 is 9.47 Å². The molecule has 1 N–H and O–H groups in total. The number of hydrogen-bond donors (Lipinski definition) is 1. The van der Waals surface area contributed by atoms with E-state index in [1.54, 1.807) is 0 Å². The van der Waals surface area contributed by atoms with E-state index in [1.807, 2.05) is 24.3 Å². The summed E-state index contributed by atoms with van der Waals surface area (Å²) in [5.74, 6) is 2.09. The molecule has 0 aromatic heterocycles. The monoisotopic (exact) mass is 391 g/mol. The van der Waals surface area contributed by atoms with Crippen LogP contribution in [0.15, 0.2) is 46.0 Å². The van der Waals surface area contributed by atoms with E-state index in [9.17, 15) is 0 Å². The Kier molecular flexibility index (Phi) is 6.67. The zero-order valence-corrected chi connectivity index (χ0v) is 15.7. The summed E-state index contributed by atoms with van der Waals surface area (Å²) in [5, 5.41) is 11.5. The van der Waals surface area contributed by atoms with E-state index in [1.165, 1.54) is 17.3 Å². The van der Waals surface area contributed by atoms with Gasteiger partial charge in [-0.05, 0) is 75.8 Å². The van der Waals surface area contributed by atoms with E-state index in [0.717, 1.165) is 21.5 Å². The Morgan fingerprint density at radius 3 is 2.50 bits per heavy atom. The third-order valence-corrected chi connectivity index (χ3v) is 4.26. The average Bonchev–Trinajstić information content (AvgIpc) is 2.53. The lowest BCUT2D eigenvalue weighted by atomic mass is 9.98. The van der Waals surface area contributed by atoms with Gasteiger partial charge in [-0.2, -0.15) is 0 Å². The van der Waals surface area contributed by atoms with Crippen LogP contribution in [0.1, 0.15) is 36.5 Å². The molecule has 0 aliphatic carbocycles. The number of rotatable bonds is 7. The van der Waals surface area contributed by atoms with Gasteiger partial charge in [0.2, 0.25) is 0 Å². The molecule has 128 valence electrons. The first kappa shape index (κ1) is 18.3. The largest absolute Gasteiger partial charge is 0.490 e. The van der Waals surface area contributed by atoms with Gasteiger partial charge in [-0.15, -0.1) is 0 Å². The van der Waals surface area contributed by atoms with Crippen LogP contribution in [0.4, 0.5) is 0 Å². The van der Waals surface area contributed by atoms with E-state index in [2.05, 4.69) is 54.0 Å². The maximum absolute atomic E-state index is 8.53. The predicted molar refractivity (Wildman–Crippen MR) is 99.8 cm³/mol. The van der Waals surface area contributed by atoms with E-state index in [0.29, 0.717) is 19.1 Å². The van der Waals surface area contributed by atoms with Crippen molar-refractivity contribution >= 4 is 22.1 Å². The van der Waals surface area contributed by atoms with Crippen LogP contribution in [0.25, 0.3) is 0 Å². The van der Waals surface area contributed by atoms with Crippen molar-refractivity contribution in [3.63, 3.8) is 0 Å². The first-order valence-corrected chi connectivity index (χ1v) is 8.63. The second kappa shape index (κ2) is 8.73. The van der Waals surface area contributed by atoms with Gasteiger partial charge in [0.1, 0.15) is 24.7 Å². The molecule has 0 saturated heterocycles. The summed E-state index contributed by atoms with van der Waals surface area (Å²) >= 11 is 3.44. The van der Waals surface area contributed by atoms with Crippen molar-refractivity contribution in [2.45, 2.75) is 26.7 Å². The molecular formula is C19H22BrNO3. The molecular weight excluding hydrogens is 370 g/mol. The van der Waals surface area contributed by atoms with Crippen LogP contribution in [0.3, 0.4) is 0 Å². The fraction of sp³-hybridized carbons (Fsp3) is 0.316. The van der Waals surface area contributed by atoms with Gasteiger partial charge in [0.15, 0.2) is 0 Å². The minimum Gasteiger partial charge on any atom is -0.490 e. The fourth-order valence-corrected chi connectivity index (χ4v) is 2.99. The van der Waals surface area contributed by atoms with Gasteiger partial charge in [0, 0.05) is 0 Å². The maximum atomic E-state index is 8.53. The molecule has 0 heterocycles.